The molecule has 68 valence electrons. The van der Waals surface area contributed by atoms with Crippen molar-refractivity contribution in [1.82, 2.24) is 15.8 Å². The molecule has 0 saturated heterocycles. The van der Waals surface area contributed by atoms with Gasteiger partial charge in [-0.05, 0) is 6.07 Å². The zero-order valence-corrected chi connectivity index (χ0v) is 6.45. The first kappa shape index (κ1) is 9.11. The van der Waals surface area contributed by atoms with Crippen LogP contribution >= 0.6 is 0 Å². The molecule has 5 nitrogen and oxygen atoms in total. The van der Waals surface area contributed by atoms with Crippen LogP contribution in [0.15, 0.2) is 18.3 Å². The number of aromatic nitrogens is 1. The number of pyridine rings is 1. The van der Waals surface area contributed by atoms with Crippen molar-refractivity contribution < 1.29 is 14.0 Å². The molecular formula is C7H6FN3O2. The molecule has 0 saturated carbocycles. The Balaban J connectivity index is 2.71. The molecule has 0 bridgehead atoms. The predicted molar refractivity (Wildman–Crippen MR) is 40.9 cm³/mol. The lowest BCUT2D eigenvalue weighted by atomic mass is 10.2. The summed E-state index contributed by atoms with van der Waals surface area (Å²) < 4.78 is 12.5. The van der Waals surface area contributed by atoms with Crippen LogP contribution in [0.25, 0.3) is 0 Å². The number of halogens is 1. The number of nitrogens with one attached hydrogen (secondary N) is 2. The fourth-order valence-electron chi connectivity index (χ4n) is 0.711. The molecule has 0 radical (unpaired) electrons. The number of carbonyl (C=O) groups is 2. The molecule has 0 aromatic carbocycles. The maximum absolute atomic E-state index is 12.5. The standard InChI is InChI=1S/C7H6FN3O2/c8-6-3-5(1-2-9-6)7(13)11-10-4-12/h1-4H,(H,10,12)(H,11,13). The lowest BCUT2D eigenvalue weighted by Gasteiger charge is -2.01. The Morgan fingerprint density at radius 3 is 3.00 bits per heavy atom. The molecule has 0 aliphatic carbocycles. The van der Waals surface area contributed by atoms with E-state index in [1.165, 1.54) is 6.07 Å². The Kier molecular flexibility index (Phi) is 2.91. The number of hydrazine groups is 1. The van der Waals surface area contributed by atoms with Crippen LogP contribution in [-0.4, -0.2) is 17.3 Å². The van der Waals surface area contributed by atoms with E-state index in [0.717, 1.165) is 12.3 Å². The van der Waals surface area contributed by atoms with E-state index in [0.29, 0.717) is 6.41 Å². The van der Waals surface area contributed by atoms with E-state index in [4.69, 9.17) is 0 Å². The van der Waals surface area contributed by atoms with E-state index < -0.39 is 11.9 Å². The van der Waals surface area contributed by atoms with Gasteiger partial charge in [-0.2, -0.15) is 4.39 Å². The lowest BCUT2D eigenvalue weighted by Crippen LogP contribution is -2.36. The van der Waals surface area contributed by atoms with Gasteiger partial charge in [0.2, 0.25) is 12.4 Å². The summed E-state index contributed by atoms with van der Waals surface area (Å²) in [4.78, 5) is 24.1. The van der Waals surface area contributed by atoms with Gasteiger partial charge in [0.25, 0.3) is 5.91 Å². The fraction of sp³-hybridized carbons (Fsp3) is 0. The summed E-state index contributed by atoms with van der Waals surface area (Å²) in [6.07, 6.45) is 1.46. The van der Waals surface area contributed by atoms with Gasteiger partial charge in [0.15, 0.2) is 0 Å². The van der Waals surface area contributed by atoms with Crippen LogP contribution in [0.5, 0.6) is 0 Å². The molecule has 1 aromatic heterocycles. The summed E-state index contributed by atoms with van der Waals surface area (Å²) >= 11 is 0. The first-order valence-corrected chi connectivity index (χ1v) is 3.35. The summed E-state index contributed by atoms with van der Waals surface area (Å²) in [6.45, 7) is 0. The normalized spacial score (nSPS) is 9.00. The van der Waals surface area contributed by atoms with E-state index in [9.17, 15) is 14.0 Å². The molecule has 0 spiro atoms. The zero-order valence-electron chi connectivity index (χ0n) is 6.45. The van der Waals surface area contributed by atoms with Crippen molar-refractivity contribution in [3.63, 3.8) is 0 Å². The quantitative estimate of drug-likeness (QED) is 0.381. The third kappa shape index (κ3) is 2.51. The predicted octanol–water partition coefficient (Wildman–Crippen LogP) is -0.389. The van der Waals surface area contributed by atoms with E-state index in [1.807, 2.05) is 10.9 Å². The average Bonchev–Trinajstić information content (AvgIpc) is 2.14. The second kappa shape index (κ2) is 4.15. The van der Waals surface area contributed by atoms with Gasteiger partial charge in [-0.1, -0.05) is 0 Å². The summed E-state index contributed by atoms with van der Waals surface area (Å²) in [5.41, 5.74) is 4.05. The maximum Gasteiger partial charge on any atom is 0.269 e. The topological polar surface area (TPSA) is 71.1 Å². The first-order chi connectivity index (χ1) is 6.24. The van der Waals surface area contributed by atoms with Crippen LogP contribution in [0.4, 0.5) is 4.39 Å². The molecule has 0 atom stereocenters. The number of nitrogens with zero attached hydrogens (tertiary/aromatic N) is 1. The van der Waals surface area contributed by atoms with E-state index in [1.54, 1.807) is 0 Å². The second-order valence-electron chi connectivity index (χ2n) is 2.08. The van der Waals surface area contributed by atoms with Crippen molar-refractivity contribution in [2.24, 2.45) is 0 Å². The number of rotatable bonds is 3. The molecule has 6 heteroatoms. The van der Waals surface area contributed by atoms with Crippen LogP contribution in [0.1, 0.15) is 10.4 Å². The largest absolute Gasteiger partial charge is 0.277 e. The molecule has 0 aliphatic heterocycles. The fourth-order valence-corrected chi connectivity index (χ4v) is 0.711. The minimum Gasteiger partial charge on any atom is -0.277 e. The van der Waals surface area contributed by atoms with Crippen molar-refractivity contribution in [3.05, 3.63) is 29.8 Å². The first-order valence-electron chi connectivity index (χ1n) is 3.35. The highest BCUT2D eigenvalue weighted by atomic mass is 19.1. The van der Waals surface area contributed by atoms with Crippen LogP contribution in [0.2, 0.25) is 0 Å². The highest BCUT2D eigenvalue weighted by Gasteiger charge is 2.04. The number of hydrogen-bond donors (Lipinski definition) is 2. The van der Waals surface area contributed by atoms with Gasteiger partial charge in [-0.15, -0.1) is 0 Å². The van der Waals surface area contributed by atoms with Crippen molar-refractivity contribution in [2.75, 3.05) is 0 Å². The van der Waals surface area contributed by atoms with Gasteiger partial charge >= 0.3 is 0 Å². The molecule has 13 heavy (non-hydrogen) atoms. The summed E-state index contributed by atoms with van der Waals surface area (Å²) in [6, 6.07) is 2.28. The Morgan fingerprint density at radius 1 is 1.62 bits per heavy atom. The molecule has 2 amide bonds. The summed E-state index contributed by atoms with van der Waals surface area (Å²) in [5, 5.41) is 0. The van der Waals surface area contributed by atoms with E-state index >= 15 is 0 Å². The minimum absolute atomic E-state index is 0.0850. The average molecular weight is 183 g/mol. The Morgan fingerprint density at radius 2 is 2.38 bits per heavy atom. The Bertz CT molecular complexity index is 329. The van der Waals surface area contributed by atoms with Crippen LogP contribution in [0, 0.1) is 5.95 Å². The number of hydrogen-bond acceptors (Lipinski definition) is 3. The molecule has 1 heterocycles. The highest BCUT2D eigenvalue weighted by molar-refractivity contribution is 5.94. The number of carbonyl (C=O) groups excluding carboxylic acids is 2. The smallest absolute Gasteiger partial charge is 0.269 e. The van der Waals surface area contributed by atoms with Crippen molar-refractivity contribution >= 4 is 12.3 Å². The highest BCUT2D eigenvalue weighted by Crippen LogP contribution is 1.98. The Labute approximate surface area is 72.9 Å². The third-order valence-corrected chi connectivity index (χ3v) is 1.23. The molecule has 2 N–H and O–H groups in total. The van der Waals surface area contributed by atoms with Crippen LogP contribution in [-0.2, 0) is 4.79 Å². The summed E-state index contributed by atoms with van der Waals surface area (Å²) in [5.74, 6) is -1.35. The Hall–Kier alpha value is -1.98. The SMILES string of the molecule is O=CNNC(=O)c1ccnc(F)c1. The molecular weight excluding hydrogens is 177 g/mol. The monoisotopic (exact) mass is 183 g/mol. The van der Waals surface area contributed by atoms with E-state index in [-0.39, 0.29) is 5.56 Å². The van der Waals surface area contributed by atoms with Crippen molar-refractivity contribution in [1.29, 1.82) is 0 Å². The van der Waals surface area contributed by atoms with Gasteiger partial charge in [-0.25, -0.2) is 4.98 Å². The minimum atomic E-state index is -0.751. The third-order valence-electron chi connectivity index (χ3n) is 1.23. The van der Waals surface area contributed by atoms with Crippen molar-refractivity contribution in [2.45, 2.75) is 0 Å². The van der Waals surface area contributed by atoms with E-state index in [2.05, 4.69) is 4.98 Å². The van der Waals surface area contributed by atoms with Crippen LogP contribution in [0.3, 0.4) is 0 Å². The molecule has 0 unspecified atom stereocenters. The molecule has 1 aromatic rings. The lowest BCUT2D eigenvalue weighted by molar-refractivity contribution is -0.110. The van der Waals surface area contributed by atoms with Gasteiger partial charge in [0.05, 0.1) is 0 Å². The molecule has 1 rings (SSSR count). The molecule has 0 aliphatic rings. The summed E-state index contributed by atoms with van der Waals surface area (Å²) in [7, 11) is 0. The van der Waals surface area contributed by atoms with Gasteiger partial charge < -0.3 is 0 Å². The van der Waals surface area contributed by atoms with Crippen molar-refractivity contribution in [3.8, 4) is 0 Å². The van der Waals surface area contributed by atoms with Crippen LogP contribution < -0.4 is 10.9 Å². The van der Waals surface area contributed by atoms with Gasteiger partial charge in [-0.3, -0.25) is 20.4 Å². The molecule has 0 fully saturated rings. The zero-order chi connectivity index (χ0) is 9.68. The number of amides is 2. The van der Waals surface area contributed by atoms with Gasteiger partial charge in [0, 0.05) is 17.8 Å². The second-order valence-corrected chi connectivity index (χ2v) is 2.08. The maximum atomic E-state index is 12.5. The van der Waals surface area contributed by atoms with Gasteiger partial charge in [0.1, 0.15) is 0 Å².